The highest BCUT2D eigenvalue weighted by molar-refractivity contribution is 6.05. The van der Waals surface area contributed by atoms with Crippen molar-refractivity contribution in [3.63, 3.8) is 0 Å². The Labute approximate surface area is 160 Å². The lowest BCUT2D eigenvalue weighted by Gasteiger charge is -2.08. The van der Waals surface area contributed by atoms with Gasteiger partial charge in [0.1, 0.15) is 5.58 Å². The monoisotopic (exact) mass is 368 g/mol. The van der Waals surface area contributed by atoms with Crippen LogP contribution in [0.2, 0.25) is 0 Å². The van der Waals surface area contributed by atoms with Crippen LogP contribution in [0.4, 0.5) is 5.69 Å². The number of hydrogen-bond acceptors (Lipinski definition) is 4. The van der Waals surface area contributed by atoms with Gasteiger partial charge in [0, 0.05) is 35.2 Å². The number of rotatable bonds is 3. The predicted octanol–water partition coefficient (Wildman–Crippen LogP) is 4.70. The molecule has 5 rings (SSSR count). The fourth-order valence-electron chi connectivity index (χ4n) is 3.16. The van der Waals surface area contributed by atoms with E-state index in [4.69, 9.17) is 4.42 Å². The molecule has 136 valence electrons. The summed E-state index contributed by atoms with van der Waals surface area (Å²) in [5.74, 6) is 0.627. The lowest BCUT2D eigenvalue weighted by Crippen LogP contribution is -2.11. The van der Waals surface area contributed by atoms with Gasteiger partial charge in [0.25, 0.3) is 5.91 Å². The van der Waals surface area contributed by atoms with Crippen LogP contribution in [-0.2, 0) is 0 Å². The van der Waals surface area contributed by atoms with E-state index in [9.17, 15) is 4.79 Å². The number of para-hydroxylation sites is 1. The molecule has 0 atom stereocenters. The number of furan rings is 1. The van der Waals surface area contributed by atoms with Crippen LogP contribution in [0.1, 0.15) is 16.1 Å². The first-order valence-electron chi connectivity index (χ1n) is 8.88. The van der Waals surface area contributed by atoms with Crippen LogP contribution in [0.25, 0.3) is 28.0 Å². The summed E-state index contributed by atoms with van der Waals surface area (Å²) in [5, 5.41) is 3.85. The summed E-state index contributed by atoms with van der Waals surface area (Å²) >= 11 is 0. The van der Waals surface area contributed by atoms with Crippen molar-refractivity contribution in [2.75, 3.05) is 5.32 Å². The fraction of sp³-hybridized carbons (Fsp3) is 0.0455. The molecule has 5 aromatic rings. The minimum Gasteiger partial charge on any atom is -0.451 e. The molecule has 0 aliphatic heterocycles. The number of amides is 1. The van der Waals surface area contributed by atoms with E-state index in [1.54, 1.807) is 12.3 Å². The van der Waals surface area contributed by atoms with Crippen LogP contribution in [-0.4, -0.2) is 20.3 Å². The molecule has 0 saturated heterocycles. The van der Waals surface area contributed by atoms with Crippen LogP contribution in [0.3, 0.4) is 0 Å². The van der Waals surface area contributed by atoms with E-state index in [2.05, 4.69) is 15.3 Å². The maximum absolute atomic E-state index is 12.7. The number of anilines is 1. The Bertz CT molecular complexity index is 1270. The topological polar surface area (TPSA) is 72.4 Å². The third kappa shape index (κ3) is 2.81. The molecule has 0 radical (unpaired) electrons. The van der Waals surface area contributed by atoms with Gasteiger partial charge in [-0.25, -0.2) is 9.97 Å². The molecular weight excluding hydrogens is 352 g/mol. The number of aryl methyl sites for hydroxylation is 1. The number of aromatic nitrogens is 3. The third-order valence-corrected chi connectivity index (χ3v) is 4.67. The molecule has 6 heteroatoms. The van der Waals surface area contributed by atoms with Crippen molar-refractivity contribution in [2.45, 2.75) is 6.92 Å². The lowest BCUT2D eigenvalue weighted by molar-refractivity contribution is 0.0998. The Balaban J connectivity index is 1.47. The summed E-state index contributed by atoms with van der Waals surface area (Å²) < 4.78 is 7.52. The van der Waals surface area contributed by atoms with Crippen molar-refractivity contribution in [1.82, 2.24) is 14.4 Å². The lowest BCUT2D eigenvalue weighted by atomic mass is 10.1. The highest BCUT2D eigenvalue weighted by Crippen LogP contribution is 2.26. The van der Waals surface area contributed by atoms with Crippen LogP contribution in [0.5, 0.6) is 0 Å². The first kappa shape index (κ1) is 16.3. The van der Waals surface area contributed by atoms with E-state index in [-0.39, 0.29) is 11.7 Å². The van der Waals surface area contributed by atoms with Gasteiger partial charge in [0.15, 0.2) is 5.76 Å². The molecule has 1 N–H and O–H groups in total. The summed E-state index contributed by atoms with van der Waals surface area (Å²) in [5.41, 5.74) is 4.05. The fourth-order valence-corrected chi connectivity index (χ4v) is 3.16. The van der Waals surface area contributed by atoms with Crippen LogP contribution >= 0.6 is 0 Å². The number of hydrogen-bond donors (Lipinski definition) is 1. The second-order valence-electron chi connectivity index (χ2n) is 6.59. The minimum atomic E-state index is -0.284. The molecule has 0 unspecified atom stereocenters. The molecule has 0 aliphatic rings. The van der Waals surface area contributed by atoms with Crippen molar-refractivity contribution in [3.05, 3.63) is 84.5 Å². The molecule has 3 heterocycles. The maximum atomic E-state index is 12.7. The number of nitrogens with zero attached hydrogens (tertiary/aromatic N) is 3. The van der Waals surface area contributed by atoms with Gasteiger partial charge in [-0.1, -0.05) is 30.3 Å². The van der Waals surface area contributed by atoms with Crippen molar-refractivity contribution in [3.8, 4) is 11.3 Å². The zero-order valence-corrected chi connectivity index (χ0v) is 15.1. The molecule has 6 nitrogen and oxygen atoms in total. The molecule has 0 bridgehead atoms. The first-order valence-corrected chi connectivity index (χ1v) is 8.88. The van der Waals surface area contributed by atoms with E-state index >= 15 is 0 Å². The molecular formula is C22H16N4O2. The van der Waals surface area contributed by atoms with Gasteiger partial charge in [-0.3, -0.25) is 9.20 Å². The molecule has 0 aliphatic carbocycles. The normalized spacial score (nSPS) is 11.2. The van der Waals surface area contributed by atoms with E-state index in [0.29, 0.717) is 17.0 Å². The summed E-state index contributed by atoms with van der Waals surface area (Å²) in [6.07, 6.45) is 5.52. The van der Waals surface area contributed by atoms with Crippen LogP contribution in [0, 0.1) is 6.92 Å². The average Bonchev–Trinajstić information content (AvgIpc) is 3.33. The van der Waals surface area contributed by atoms with Gasteiger partial charge >= 0.3 is 0 Å². The zero-order valence-electron chi connectivity index (χ0n) is 15.1. The van der Waals surface area contributed by atoms with Crippen LogP contribution in [0.15, 0.2) is 77.6 Å². The molecule has 0 spiro atoms. The Hall–Kier alpha value is -3.93. The van der Waals surface area contributed by atoms with E-state index in [0.717, 1.165) is 22.2 Å². The quantitative estimate of drug-likeness (QED) is 0.501. The summed E-state index contributed by atoms with van der Waals surface area (Å²) in [6.45, 7) is 1.95. The molecule has 3 aromatic heterocycles. The summed E-state index contributed by atoms with van der Waals surface area (Å²) in [4.78, 5) is 21.5. The molecule has 0 fully saturated rings. The minimum absolute atomic E-state index is 0.280. The van der Waals surface area contributed by atoms with Gasteiger partial charge in [-0.15, -0.1) is 0 Å². The number of nitrogens with one attached hydrogen (secondary N) is 1. The van der Waals surface area contributed by atoms with Gasteiger partial charge in [0.05, 0.1) is 5.69 Å². The molecule has 2 aromatic carbocycles. The molecule has 0 saturated carbocycles. The highest BCUT2D eigenvalue weighted by Gasteiger charge is 2.14. The number of carbonyl (C=O) groups excluding carboxylic acids is 1. The van der Waals surface area contributed by atoms with Crippen molar-refractivity contribution in [2.24, 2.45) is 0 Å². The Morgan fingerprint density at radius 1 is 1.11 bits per heavy atom. The van der Waals surface area contributed by atoms with Gasteiger partial charge in [-0.2, -0.15) is 0 Å². The SMILES string of the molecule is Cc1ccc(-c2cn3cccnc3n2)cc1NC(=O)c1cc2ccccc2o1. The average molecular weight is 368 g/mol. The van der Waals surface area contributed by atoms with Gasteiger partial charge in [0.2, 0.25) is 5.78 Å². The zero-order chi connectivity index (χ0) is 19.1. The van der Waals surface area contributed by atoms with Crippen molar-refractivity contribution < 1.29 is 9.21 Å². The highest BCUT2D eigenvalue weighted by atomic mass is 16.3. The third-order valence-electron chi connectivity index (χ3n) is 4.67. The maximum Gasteiger partial charge on any atom is 0.291 e. The summed E-state index contributed by atoms with van der Waals surface area (Å²) in [6, 6.07) is 17.0. The molecule has 28 heavy (non-hydrogen) atoms. The molecule has 1 amide bonds. The largest absolute Gasteiger partial charge is 0.451 e. The van der Waals surface area contributed by atoms with Gasteiger partial charge < -0.3 is 9.73 Å². The second-order valence-corrected chi connectivity index (χ2v) is 6.59. The van der Waals surface area contributed by atoms with Crippen LogP contribution < -0.4 is 5.32 Å². The van der Waals surface area contributed by atoms with E-state index in [1.807, 2.05) is 72.2 Å². The van der Waals surface area contributed by atoms with Crippen molar-refractivity contribution >= 4 is 28.3 Å². The number of carbonyl (C=O) groups is 1. The Morgan fingerprint density at radius 3 is 2.86 bits per heavy atom. The Morgan fingerprint density at radius 2 is 2.00 bits per heavy atom. The number of imidazole rings is 1. The van der Waals surface area contributed by atoms with E-state index < -0.39 is 0 Å². The Kier molecular flexibility index (Phi) is 3.69. The van der Waals surface area contributed by atoms with E-state index in [1.165, 1.54) is 0 Å². The van der Waals surface area contributed by atoms with Crippen molar-refractivity contribution in [1.29, 1.82) is 0 Å². The first-order chi connectivity index (χ1) is 13.7. The number of fused-ring (bicyclic) bond motifs is 2. The number of benzene rings is 2. The predicted molar refractivity (Wildman–Crippen MR) is 107 cm³/mol. The second kappa shape index (κ2) is 6.35. The smallest absolute Gasteiger partial charge is 0.291 e. The summed E-state index contributed by atoms with van der Waals surface area (Å²) in [7, 11) is 0. The van der Waals surface area contributed by atoms with Gasteiger partial charge in [-0.05, 0) is 36.8 Å². The standard InChI is InChI=1S/C22H16N4O2/c1-14-7-8-15(18-13-26-10-4-9-23-22(26)25-18)11-17(14)24-21(27)20-12-16-5-2-3-6-19(16)28-20/h2-13H,1H3,(H,24,27).